The molecular weight excluding hydrogens is 408 g/mol. The zero-order chi connectivity index (χ0) is 22.5. The number of amides is 1. The number of carbonyl (C=O) groups excluding carboxylic acids is 2. The van der Waals surface area contributed by atoms with Gasteiger partial charge < -0.3 is 19.8 Å². The summed E-state index contributed by atoms with van der Waals surface area (Å²) in [6, 6.07) is 15.7. The highest BCUT2D eigenvalue weighted by atomic mass is 16.5. The van der Waals surface area contributed by atoms with E-state index < -0.39 is 18.0 Å². The number of carbonyl (C=O) groups is 2. The van der Waals surface area contributed by atoms with Gasteiger partial charge >= 0.3 is 5.97 Å². The molecule has 2 aromatic carbocycles. The summed E-state index contributed by atoms with van der Waals surface area (Å²) in [4.78, 5) is 36.8. The first-order valence-electron chi connectivity index (χ1n) is 10.2. The van der Waals surface area contributed by atoms with Crippen LogP contribution in [0.5, 0.6) is 5.75 Å². The van der Waals surface area contributed by atoms with Gasteiger partial charge in [0, 0.05) is 23.6 Å². The number of benzene rings is 2. The standard InChI is InChI=1S/C24H22N4O4/c1-3-31-19-9-7-18(8-10-19)26-23(29)15(2)32-24(30)16-6-11-20-21(13-16)28-22(27-20)17-5-4-12-25-14-17/h4-15H,3H2,1-2H3,(H,26,29)(H,27,28). The number of esters is 1. The number of aromatic nitrogens is 3. The number of hydrogen-bond acceptors (Lipinski definition) is 6. The van der Waals surface area contributed by atoms with Gasteiger partial charge in [0.1, 0.15) is 11.6 Å². The summed E-state index contributed by atoms with van der Waals surface area (Å²) in [5.74, 6) is 0.343. The predicted octanol–water partition coefficient (Wildman–Crippen LogP) is 4.21. The van der Waals surface area contributed by atoms with Crippen molar-refractivity contribution in [2.45, 2.75) is 20.0 Å². The van der Waals surface area contributed by atoms with Crippen LogP contribution >= 0.6 is 0 Å². The second kappa shape index (κ2) is 9.30. The predicted molar refractivity (Wildman–Crippen MR) is 120 cm³/mol. The molecule has 0 aliphatic rings. The Labute approximate surface area is 184 Å². The Morgan fingerprint density at radius 2 is 1.94 bits per heavy atom. The molecule has 8 nitrogen and oxygen atoms in total. The van der Waals surface area contributed by atoms with Crippen LogP contribution in [0.3, 0.4) is 0 Å². The van der Waals surface area contributed by atoms with Crippen LogP contribution in [-0.4, -0.2) is 39.5 Å². The molecule has 0 bridgehead atoms. The molecule has 1 amide bonds. The first-order chi connectivity index (χ1) is 15.5. The monoisotopic (exact) mass is 430 g/mol. The van der Waals surface area contributed by atoms with E-state index in [1.54, 1.807) is 54.9 Å². The number of nitrogens with zero attached hydrogens (tertiary/aromatic N) is 2. The minimum Gasteiger partial charge on any atom is -0.494 e. The quantitative estimate of drug-likeness (QED) is 0.426. The number of ether oxygens (including phenoxy) is 2. The molecule has 0 aliphatic carbocycles. The number of rotatable bonds is 7. The maximum Gasteiger partial charge on any atom is 0.338 e. The molecule has 1 atom stereocenters. The van der Waals surface area contributed by atoms with E-state index in [0.29, 0.717) is 40.5 Å². The van der Waals surface area contributed by atoms with Gasteiger partial charge in [-0.15, -0.1) is 0 Å². The molecule has 8 heteroatoms. The fourth-order valence-corrected chi connectivity index (χ4v) is 3.10. The van der Waals surface area contributed by atoms with Gasteiger partial charge in [0.2, 0.25) is 0 Å². The molecule has 0 fully saturated rings. The van der Waals surface area contributed by atoms with E-state index >= 15 is 0 Å². The van der Waals surface area contributed by atoms with Crippen LogP contribution in [0.25, 0.3) is 22.4 Å². The van der Waals surface area contributed by atoms with Gasteiger partial charge in [-0.3, -0.25) is 9.78 Å². The Kier molecular flexibility index (Phi) is 6.12. The van der Waals surface area contributed by atoms with Gasteiger partial charge in [-0.05, 0) is 68.4 Å². The second-order valence-corrected chi connectivity index (χ2v) is 7.05. The fraction of sp³-hybridized carbons (Fsp3) is 0.167. The highest BCUT2D eigenvalue weighted by Crippen LogP contribution is 2.21. The Hall–Kier alpha value is -4.20. The van der Waals surface area contributed by atoms with Crippen LogP contribution in [0.2, 0.25) is 0 Å². The van der Waals surface area contributed by atoms with Crippen molar-refractivity contribution in [1.29, 1.82) is 0 Å². The van der Waals surface area contributed by atoms with E-state index in [1.807, 2.05) is 19.1 Å². The van der Waals surface area contributed by atoms with Crippen molar-refractivity contribution in [2.24, 2.45) is 0 Å². The van der Waals surface area contributed by atoms with Crippen molar-refractivity contribution in [1.82, 2.24) is 15.0 Å². The lowest BCUT2D eigenvalue weighted by atomic mass is 10.2. The molecule has 0 spiro atoms. The normalized spacial score (nSPS) is 11.7. The third kappa shape index (κ3) is 4.75. The molecule has 32 heavy (non-hydrogen) atoms. The van der Waals surface area contributed by atoms with Crippen LogP contribution in [0, 0.1) is 0 Å². The third-order valence-corrected chi connectivity index (χ3v) is 4.74. The molecule has 1 unspecified atom stereocenters. The number of fused-ring (bicyclic) bond motifs is 1. The van der Waals surface area contributed by atoms with Gasteiger partial charge in [-0.25, -0.2) is 9.78 Å². The topological polar surface area (TPSA) is 106 Å². The lowest BCUT2D eigenvalue weighted by molar-refractivity contribution is -0.123. The van der Waals surface area contributed by atoms with E-state index in [2.05, 4.69) is 20.3 Å². The first-order valence-corrected chi connectivity index (χ1v) is 10.2. The summed E-state index contributed by atoms with van der Waals surface area (Å²) in [6.45, 7) is 3.99. The van der Waals surface area contributed by atoms with Crippen molar-refractivity contribution in [3.8, 4) is 17.1 Å². The highest BCUT2D eigenvalue weighted by molar-refractivity contribution is 5.98. The molecule has 4 rings (SSSR count). The number of imidazole rings is 1. The lowest BCUT2D eigenvalue weighted by Crippen LogP contribution is -2.30. The van der Waals surface area contributed by atoms with E-state index in [-0.39, 0.29) is 0 Å². The minimum absolute atomic E-state index is 0.319. The van der Waals surface area contributed by atoms with Gasteiger partial charge in [-0.2, -0.15) is 0 Å². The number of H-pyrrole nitrogens is 1. The van der Waals surface area contributed by atoms with E-state index in [0.717, 1.165) is 5.56 Å². The summed E-state index contributed by atoms with van der Waals surface area (Å²) in [7, 11) is 0. The van der Waals surface area contributed by atoms with Crippen molar-refractivity contribution in [3.63, 3.8) is 0 Å². The first kappa shape index (κ1) is 21.0. The largest absolute Gasteiger partial charge is 0.494 e. The van der Waals surface area contributed by atoms with Crippen LogP contribution in [0.4, 0.5) is 5.69 Å². The molecule has 2 heterocycles. The Bertz CT molecular complexity index is 1240. The number of anilines is 1. The van der Waals surface area contributed by atoms with Crippen LogP contribution < -0.4 is 10.1 Å². The average molecular weight is 430 g/mol. The van der Waals surface area contributed by atoms with Crippen molar-refractivity contribution >= 4 is 28.6 Å². The summed E-state index contributed by atoms with van der Waals surface area (Å²) in [6.07, 6.45) is 2.42. The van der Waals surface area contributed by atoms with Crippen molar-refractivity contribution in [3.05, 3.63) is 72.6 Å². The molecule has 162 valence electrons. The molecule has 0 saturated carbocycles. The molecule has 0 saturated heterocycles. The van der Waals surface area contributed by atoms with Crippen LogP contribution in [-0.2, 0) is 9.53 Å². The second-order valence-electron chi connectivity index (χ2n) is 7.05. The lowest BCUT2D eigenvalue weighted by Gasteiger charge is -2.14. The molecule has 2 aromatic heterocycles. The van der Waals surface area contributed by atoms with Crippen LogP contribution in [0.15, 0.2) is 67.0 Å². The van der Waals surface area contributed by atoms with Gasteiger partial charge in [0.15, 0.2) is 6.10 Å². The molecule has 0 aliphatic heterocycles. The van der Waals surface area contributed by atoms with Crippen molar-refractivity contribution in [2.75, 3.05) is 11.9 Å². The zero-order valence-electron chi connectivity index (χ0n) is 17.7. The van der Waals surface area contributed by atoms with Gasteiger partial charge in [0.05, 0.1) is 23.2 Å². The maximum atomic E-state index is 12.6. The Morgan fingerprint density at radius 1 is 1.12 bits per heavy atom. The fourth-order valence-electron chi connectivity index (χ4n) is 3.10. The molecule has 0 radical (unpaired) electrons. The Balaban J connectivity index is 1.41. The summed E-state index contributed by atoms with van der Waals surface area (Å²) >= 11 is 0. The zero-order valence-corrected chi connectivity index (χ0v) is 17.7. The van der Waals surface area contributed by atoms with Crippen molar-refractivity contribution < 1.29 is 19.1 Å². The summed E-state index contributed by atoms with van der Waals surface area (Å²) in [5, 5.41) is 2.73. The summed E-state index contributed by atoms with van der Waals surface area (Å²) < 4.78 is 10.7. The van der Waals surface area contributed by atoms with Crippen LogP contribution in [0.1, 0.15) is 24.2 Å². The summed E-state index contributed by atoms with van der Waals surface area (Å²) in [5.41, 5.74) is 3.14. The smallest absolute Gasteiger partial charge is 0.338 e. The number of hydrogen-bond donors (Lipinski definition) is 2. The molecular formula is C24H22N4O4. The van der Waals surface area contributed by atoms with E-state index in [9.17, 15) is 9.59 Å². The number of nitrogens with one attached hydrogen (secondary N) is 2. The van der Waals surface area contributed by atoms with Gasteiger partial charge in [-0.1, -0.05) is 0 Å². The third-order valence-electron chi connectivity index (χ3n) is 4.74. The average Bonchev–Trinajstić information content (AvgIpc) is 3.24. The number of pyridine rings is 1. The van der Waals surface area contributed by atoms with E-state index in [4.69, 9.17) is 9.47 Å². The molecule has 4 aromatic rings. The highest BCUT2D eigenvalue weighted by Gasteiger charge is 2.20. The molecule has 2 N–H and O–H groups in total. The Morgan fingerprint density at radius 3 is 2.66 bits per heavy atom. The number of aromatic amines is 1. The van der Waals surface area contributed by atoms with Gasteiger partial charge in [0.25, 0.3) is 5.91 Å². The van der Waals surface area contributed by atoms with E-state index in [1.165, 1.54) is 6.92 Å². The maximum absolute atomic E-state index is 12.6. The minimum atomic E-state index is -0.975. The SMILES string of the molecule is CCOc1ccc(NC(=O)C(C)OC(=O)c2ccc3nc(-c4cccnc4)[nH]c3c2)cc1.